The molecular formula is C18H35Cl2N5O2. The van der Waals surface area contributed by atoms with Crippen LogP contribution in [0.2, 0.25) is 0 Å². The highest BCUT2D eigenvalue weighted by atomic mass is 35.5. The molecule has 0 aliphatic carbocycles. The standard InChI is InChI=1S/C18H33N5O2.2ClH/c24-17(23-12-5-19-6-13-23)4-11-20-7-3-8-21(15-14-20)16-18(25)22-9-1-2-10-22;;/h19H,1-16H2;2*1H. The molecule has 7 nitrogen and oxygen atoms in total. The quantitative estimate of drug-likeness (QED) is 0.687. The lowest BCUT2D eigenvalue weighted by atomic mass is 10.3. The van der Waals surface area contributed by atoms with Crippen molar-refractivity contribution in [3.8, 4) is 0 Å². The van der Waals surface area contributed by atoms with Gasteiger partial charge >= 0.3 is 0 Å². The molecule has 0 radical (unpaired) electrons. The van der Waals surface area contributed by atoms with Crippen molar-refractivity contribution in [3.05, 3.63) is 0 Å². The number of carbonyl (C=O) groups excluding carboxylic acids is 2. The molecule has 1 N–H and O–H groups in total. The third-order valence-electron chi connectivity index (χ3n) is 5.61. The molecule has 158 valence electrons. The first-order chi connectivity index (χ1) is 12.2. The summed E-state index contributed by atoms with van der Waals surface area (Å²) >= 11 is 0. The normalized spacial score (nSPS) is 21.9. The monoisotopic (exact) mass is 423 g/mol. The predicted molar refractivity (Wildman–Crippen MR) is 112 cm³/mol. The summed E-state index contributed by atoms with van der Waals surface area (Å²) in [6.07, 6.45) is 4.00. The molecule has 3 fully saturated rings. The molecule has 9 heteroatoms. The minimum Gasteiger partial charge on any atom is -0.342 e. The number of halogens is 2. The molecule has 0 aromatic heterocycles. The number of hydrogen-bond donors (Lipinski definition) is 1. The molecule has 3 aliphatic heterocycles. The fraction of sp³-hybridized carbons (Fsp3) is 0.889. The van der Waals surface area contributed by atoms with E-state index in [0.717, 1.165) is 91.3 Å². The Morgan fingerprint density at radius 3 is 1.96 bits per heavy atom. The second-order valence-electron chi connectivity index (χ2n) is 7.44. The number of carbonyl (C=O) groups is 2. The average molecular weight is 424 g/mol. The Kier molecular flexibility index (Phi) is 11.6. The van der Waals surface area contributed by atoms with Gasteiger partial charge in [0.2, 0.25) is 11.8 Å². The molecular weight excluding hydrogens is 389 g/mol. The molecule has 0 atom stereocenters. The summed E-state index contributed by atoms with van der Waals surface area (Å²) in [5, 5.41) is 3.28. The Morgan fingerprint density at radius 1 is 0.667 bits per heavy atom. The van der Waals surface area contributed by atoms with Crippen molar-refractivity contribution in [3.63, 3.8) is 0 Å². The van der Waals surface area contributed by atoms with Gasteiger partial charge in [-0.3, -0.25) is 14.5 Å². The minimum atomic E-state index is 0. The van der Waals surface area contributed by atoms with E-state index in [1.165, 1.54) is 0 Å². The fourth-order valence-electron chi connectivity index (χ4n) is 3.99. The summed E-state index contributed by atoms with van der Waals surface area (Å²) in [4.78, 5) is 33.3. The number of rotatable bonds is 5. The van der Waals surface area contributed by atoms with Crippen molar-refractivity contribution in [1.29, 1.82) is 0 Å². The maximum Gasteiger partial charge on any atom is 0.236 e. The number of nitrogens with zero attached hydrogens (tertiary/aromatic N) is 4. The number of amides is 2. The first-order valence-electron chi connectivity index (χ1n) is 9.93. The molecule has 0 unspecified atom stereocenters. The highest BCUT2D eigenvalue weighted by Crippen LogP contribution is 2.10. The predicted octanol–water partition coefficient (Wildman–Crippen LogP) is 0.282. The lowest BCUT2D eigenvalue weighted by Gasteiger charge is -2.28. The van der Waals surface area contributed by atoms with E-state index in [0.29, 0.717) is 18.9 Å². The van der Waals surface area contributed by atoms with Gasteiger partial charge in [-0.05, 0) is 32.4 Å². The smallest absolute Gasteiger partial charge is 0.236 e. The topological polar surface area (TPSA) is 59.1 Å². The summed E-state index contributed by atoms with van der Waals surface area (Å²) in [6.45, 7) is 10.7. The van der Waals surface area contributed by atoms with Crippen LogP contribution in [0.3, 0.4) is 0 Å². The molecule has 3 aliphatic rings. The van der Waals surface area contributed by atoms with Crippen LogP contribution < -0.4 is 5.32 Å². The van der Waals surface area contributed by atoms with Gasteiger partial charge in [-0.25, -0.2) is 0 Å². The highest BCUT2D eigenvalue weighted by molar-refractivity contribution is 5.85. The van der Waals surface area contributed by atoms with Gasteiger partial charge in [0.25, 0.3) is 0 Å². The van der Waals surface area contributed by atoms with Crippen LogP contribution >= 0.6 is 24.8 Å². The molecule has 3 heterocycles. The van der Waals surface area contributed by atoms with E-state index in [4.69, 9.17) is 0 Å². The Balaban J connectivity index is 0.00000182. The van der Waals surface area contributed by atoms with Gasteiger partial charge in [-0.2, -0.15) is 0 Å². The SMILES string of the molecule is Cl.Cl.O=C(CCN1CCCN(CC(=O)N2CCCC2)CC1)N1CCNCC1. The van der Waals surface area contributed by atoms with Crippen molar-refractivity contribution in [1.82, 2.24) is 24.9 Å². The van der Waals surface area contributed by atoms with E-state index in [2.05, 4.69) is 15.1 Å². The number of hydrogen-bond acceptors (Lipinski definition) is 5. The minimum absolute atomic E-state index is 0. The van der Waals surface area contributed by atoms with Crippen LogP contribution in [-0.4, -0.2) is 110 Å². The number of likely N-dealkylation sites (tertiary alicyclic amines) is 1. The van der Waals surface area contributed by atoms with Crippen LogP contribution in [0.25, 0.3) is 0 Å². The molecule has 27 heavy (non-hydrogen) atoms. The van der Waals surface area contributed by atoms with Crippen LogP contribution in [-0.2, 0) is 9.59 Å². The Labute approximate surface area is 175 Å². The molecule has 3 rings (SSSR count). The first kappa shape index (κ1) is 24.4. The number of nitrogens with one attached hydrogen (secondary N) is 1. The zero-order valence-corrected chi connectivity index (χ0v) is 17.9. The average Bonchev–Trinajstić information content (AvgIpc) is 3.09. The van der Waals surface area contributed by atoms with Crippen LogP contribution in [0, 0.1) is 0 Å². The zero-order valence-electron chi connectivity index (χ0n) is 16.2. The molecule has 0 saturated carbocycles. The van der Waals surface area contributed by atoms with Gasteiger partial charge in [-0.1, -0.05) is 0 Å². The number of piperazine rings is 1. The second kappa shape index (κ2) is 12.8. The lowest BCUT2D eigenvalue weighted by molar-refractivity contribution is -0.132. The van der Waals surface area contributed by atoms with Gasteiger partial charge in [-0.15, -0.1) is 24.8 Å². The fourth-order valence-corrected chi connectivity index (χ4v) is 3.99. The van der Waals surface area contributed by atoms with Crippen molar-refractivity contribution in [2.24, 2.45) is 0 Å². The van der Waals surface area contributed by atoms with Crippen molar-refractivity contribution in [2.75, 3.05) is 78.5 Å². The van der Waals surface area contributed by atoms with E-state index >= 15 is 0 Å². The molecule has 0 aromatic rings. The van der Waals surface area contributed by atoms with E-state index in [-0.39, 0.29) is 30.7 Å². The third-order valence-corrected chi connectivity index (χ3v) is 5.61. The van der Waals surface area contributed by atoms with Gasteiger partial charge in [0.15, 0.2) is 0 Å². The summed E-state index contributed by atoms with van der Waals surface area (Å²) in [5.74, 6) is 0.576. The highest BCUT2D eigenvalue weighted by Gasteiger charge is 2.23. The van der Waals surface area contributed by atoms with Gasteiger partial charge in [0.05, 0.1) is 6.54 Å². The van der Waals surface area contributed by atoms with E-state index in [9.17, 15) is 9.59 Å². The molecule has 0 aromatic carbocycles. The Bertz CT molecular complexity index is 457. The summed E-state index contributed by atoms with van der Waals surface area (Å²) in [5.41, 5.74) is 0. The lowest BCUT2D eigenvalue weighted by Crippen LogP contribution is -2.47. The van der Waals surface area contributed by atoms with Crippen LogP contribution in [0.15, 0.2) is 0 Å². The maximum absolute atomic E-state index is 12.3. The maximum atomic E-state index is 12.3. The van der Waals surface area contributed by atoms with Crippen molar-refractivity contribution in [2.45, 2.75) is 25.7 Å². The van der Waals surface area contributed by atoms with Gasteiger partial charge < -0.3 is 20.0 Å². The van der Waals surface area contributed by atoms with Crippen LogP contribution in [0.1, 0.15) is 25.7 Å². The van der Waals surface area contributed by atoms with Gasteiger partial charge in [0, 0.05) is 65.3 Å². The molecule has 3 saturated heterocycles. The summed E-state index contributed by atoms with van der Waals surface area (Å²) < 4.78 is 0. The largest absolute Gasteiger partial charge is 0.342 e. The first-order valence-corrected chi connectivity index (χ1v) is 9.93. The summed E-state index contributed by atoms with van der Waals surface area (Å²) in [7, 11) is 0. The van der Waals surface area contributed by atoms with E-state index in [1.807, 2.05) is 9.80 Å². The third kappa shape index (κ3) is 7.74. The van der Waals surface area contributed by atoms with Crippen molar-refractivity contribution < 1.29 is 9.59 Å². The van der Waals surface area contributed by atoms with Crippen LogP contribution in [0.4, 0.5) is 0 Å². The Morgan fingerprint density at radius 2 is 1.26 bits per heavy atom. The van der Waals surface area contributed by atoms with Crippen molar-refractivity contribution >= 4 is 36.6 Å². The van der Waals surface area contributed by atoms with E-state index < -0.39 is 0 Å². The molecule has 0 bridgehead atoms. The summed E-state index contributed by atoms with van der Waals surface area (Å²) in [6, 6.07) is 0. The molecule has 0 spiro atoms. The molecule has 2 amide bonds. The van der Waals surface area contributed by atoms with E-state index in [1.54, 1.807) is 0 Å². The Hall–Kier alpha value is -0.600. The van der Waals surface area contributed by atoms with Crippen LogP contribution in [0.5, 0.6) is 0 Å². The second-order valence-corrected chi connectivity index (χ2v) is 7.44. The zero-order chi connectivity index (χ0) is 17.5. The van der Waals surface area contributed by atoms with Gasteiger partial charge in [0.1, 0.15) is 0 Å².